The Morgan fingerprint density at radius 2 is 2.14 bits per heavy atom. The molecular weight excluding hydrogens is 262 g/mol. The molecule has 3 nitrogen and oxygen atoms in total. The van der Waals surface area contributed by atoms with Crippen molar-refractivity contribution in [2.24, 2.45) is 5.92 Å². The first-order valence-electron chi connectivity index (χ1n) is 8.07. The van der Waals surface area contributed by atoms with Crippen LogP contribution in [0.4, 0.5) is 4.79 Å². The Hall–Kier alpha value is -1.51. The standard InChI is InChI=1S/C18H25NO2/c1-4-21-17(20)19-11-7-10-15-16(19)12-13-8-5-6-9-14(13)18(15,2)3/h5-6,8-9,15-16H,4,7,10-12H2,1-3H3. The summed E-state index contributed by atoms with van der Waals surface area (Å²) >= 11 is 0. The lowest BCUT2D eigenvalue weighted by Crippen LogP contribution is -2.56. The third kappa shape index (κ3) is 2.33. The number of carbonyl (C=O) groups excluding carboxylic acids is 1. The summed E-state index contributed by atoms with van der Waals surface area (Å²) in [5.74, 6) is 0.519. The quantitative estimate of drug-likeness (QED) is 0.787. The number of piperidine rings is 1. The first-order valence-corrected chi connectivity index (χ1v) is 8.07. The van der Waals surface area contributed by atoms with Crippen molar-refractivity contribution in [1.29, 1.82) is 0 Å². The fourth-order valence-corrected chi connectivity index (χ4v) is 4.34. The van der Waals surface area contributed by atoms with E-state index in [2.05, 4.69) is 38.1 Å². The second kappa shape index (κ2) is 5.36. The summed E-state index contributed by atoms with van der Waals surface area (Å²) < 4.78 is 5.27. The first kappa shape index (κ1) is 14.4. The third-order valence-electron chi connectivity index (χ3n) is 5.35. The van der Waals surface area contributed by atoms with Crippen molar-refractivity contribution in [2.75, 3.05) is 13.2 Å². The van der Waals surface area contributed by atoms with Gasteiger partial charge in [-0.1, -0.05) is 38.1 Å². The zero-order chi connectivity index (χ0) is 15.0. The molecule has 1 aliphatic heterocycles. The SMILES string of the molecule is CCOC(=O)N1CCCC2C1Cc1ccccc1C2(C)C. The molecular formula is C18H25NO2. The average molecular weight is 287 g/mol. The molecule has 1 fully saturated rings. The van der Waals surface area contributed by atoms with E-state index in [-0.39, 0.29) is 17.6 Å². The molecule has 0 radical (unpaired) electrons. The van der Waals surface area contributed by atoms with E-state index in [9.17, 15) is 4.79 Å². The topological polar surface area (TPSA) is 29.5 Å². The van der Waals surface area contributed by atoms with Gasteiger partial charge in [-0.2, -0.15) is 0 Å². The van der Waals surface area contributed by atoms with Crippen molar-refractivity contribution in [1.82, 2.24) is 4.90 Å². The molecule has 1 aliphatic carbocycles. The van der Waals surface area contributed by atoms with Gasteiger partial charge in [0.05, 0.1) is 6.61 Å². The van der Waals surface area contributed by atoms with Crippen LogP contribution in [0.1, 0.15) is 44.7 Å². The van der Waals surface area contributed by atoms with Crippen molar-refractivity contribution in [3.05, 3.63) is 35.4 Å². The van der Waals surface area contributed by atoms with Gasteiger partial charge < -0.3 is 9.64 Å². The number of carbonyl (C=O) groups is 1. The second-order valence-corrected chi connectivity index (χ2v) is 6.79. The van der Waals surface area contributed by atoms with Crippen LogP contribution in [-0.2, 0) is 16.6 Å². The van der Waals surface area contributed by atoms with Gasteiger partial charge in [0.25, 0.3) is 0 Å². The molecule has 0 saturated carbocycles. The molecule has 21 heavy (non-hydrogen) atoms. The number of likely N-dealkylation sites (tertiary alicyclic amines) is 1. The van der Waals surface area contributed by atoms with E-state index in [4.69, 9.17) is 4.74 Å². The van der Waals surface area contributed by atoms with Gasteiger partial charge in [0, 0.05) is 12.6 Å². The molecule has 0 spiro atoms. The maximum atomic E-state index is 12.3. The molecule has 2 aliphatic rings. The van der Waals surface area contributed by atoms with E-state index in [0.29, 0.717) is 12.5 Å². The number of ether oxygens (including phenoxy) is 1. The Morgan fingerprint density at radius 1 is 1.38 bits per heavy atom. The molecule has 0 N–H and O–H groups in total. The predicted molar refractivity (Wildman–Crippen MR) is 83.4 cm³/mol. The maximum Gasteiger partial charge on any atom is 0.410 e. The van der Waals surface area contributed by atoms with Gasteiger partial charge in [0.2, 0.25) is 0 Å². The minimum atomic E-state index is -0.137. The molecule has 2 atom stereocenters. The lowest BCUT2D eigenvalue weighted by molar-refractivity contribution is 0.0301. The third-order valence-corrected chi connectivity index (χ3v) is 5.35. The van der Waals surface area contributed by atoms with Crippen molar-refractivity contribution in [2.45, 2.75) is 51.5 Å². The summed E-state index contributed by atoms with van der Waals surface area (Å²) in [6.07, 6.45) is 3.10. The van der Waals surface area contributed by atoms with Crippen molar-refractivity contribution in [3.63, 3.8) is 0 Å². The molecule has 2 unspecified atom stereocenters. The second-order valence-electron chi connectivity index (χ2n) is 6.79. The van der Waals surface area contributed by atoms with E-state index in [1.807, 2.05) is 11.8 Å². The molecule has 1 amide bonds. The number of rotatable bonds is 1. The van der Waals surface area contributed by atoms with Gasteiger partial charge in [-0.25, -0.2) is 4.79 Å². The maximum absolute atomic E-state index is 12.3. The molecule has 1 saturated heterocycles. The fourth-order valence-electron chi connectivity index (χ4n) is 4.34. The minimum Gasteiger partial charge on any atom is -0.450 e. The molecule has 1 heterocycles. The van der Waals surface area contributed by atoms with Crippen LogP contribution in [0.15, 0.2) is 24.3 Å². The first-order chi connectivity index (χ1) is 10.1. The van der Waals surface area contributed by atoms with Crippen LogP contribution in [0.25, 0.3) is 0 Å². The van der Waals surface area contributed by atoms with Gasteiger partial charge in [-0.05, 0) is 48.6 Å². The molecule has 3 heteroatoms. The molecule has 1 aromatic rings. The number of hydrogen-bond donors (Lipinski definition) is 0. The van der Waals surface area contributed by atoms with E-state index < -0.39 is 0 Å². The lowest BCUT2D eigenvalue weighted by atomic mass is 9.60. The Kier molecular flexibility index (Phi) is 3.68. The highest BCUT2D eigenvalue weighted by Gasteiger charge is 2.47. The summed E-state index contributed by atoms with van der Waals surface area (Å²) in [5, 5.41) is 0. The largest absolute Gasteiger partial charge is 0.450 e. The van der Waals surface area contributed by atoms with Gasteiger partial charge in [-0.3, -0.25) is 0 Å². The highest BCUT2D eigenvalue weighted by Crippen LogP contribution is 2.46. The number of nitrogens with zero attached hydrogens (tertiary/aromatic N) is 1. The summed E-state index contributed by atoms with van der Waals surface area (Å²) in [7, 11) is 0. The Balaban J connectivity index is 1.97. The Morgan fingerprint density at radius 3 is 2.90 bits per heavy atom. The minimum absolute atomic E-state index is 0.116. The zero-order valence-corrected chi connectivity index (χ0v) is 13.3. The van der Waals surface area contributed by atoms with Crippen LogP contribution >= 0.6 is 0 Å². The Bertz CT molecular complexity index is 538. The molecule has 114 valence electrons. The fraction of sp³-hybridized carbons (Fsp3) is 0.611. The van der Waals surface area contributed by atoms with Crippen LogP contribution < -0.4 is 0 Å². The summed E-state index contributed by atoms with van der Waals surface area (Å²) in [6, 6.07) is 8.99. The van der Waals surface area contributed by atoms with Crippen LogP contribution in [0.3, 0.4) is 0 Å². The van der Waals surface area contributed by atoms with Crippen LogP contribution in [0, 0.1) is 5.92 Å². The molecule has 1 aromatic carbocycles. The normalized spacial score (nSPS) is 26.7. The highest BCUT2D eigenvalue weighted by molar-refractivity contribution is 5.68. The van der Waals surface area contributed by atoms with Gasteiger partial charge in [0.1, 0.15) is 0 Å². The number of amides is 1. The monoisotopic (exact) mass is 287 g/mol. The Labute approximate surface area is 127 Å². The van der Waals surface area contributed by atoms with E-state index in [1.54, 1.807) is 0 Å². The van der Waals surface area contributed by atoms with Crippen molar-refractivity contribution < 1.29 is 9.53 Å². The van der Waals surface area contributed by atoms with E-state index in [1.165, 1.54) is 17.5 Å². The van der Waals surface area contributed by atoms with Gasteiger partial charge in [0.15, 0.2) is 0 Å². The highest BCUT2D eigenvalue weighted by atomic mass is 16.6. The van der Waals surface area contributed by atoms with Crippen LogP contribution in [0.5, 0.6) is 0 Å². The predicted octanol–water partition coefficient (Wildman–Crippen LogP) is 3.76. The molecule has 0 aromatic heterocycles. The van der Waals surface area contributed by atoms with Crippen molar-refractivity contribution in [3.8, 4) is 0 Å². The summed E-state index contributed by atoms with van der Waals surface area (Å²) in [5.41, 5.74) is 2.96. The zero-order valence-electron chi connectivity index (χ0n) is 13.3. The van der Waals surface area contributed by atoms with Gasteiger partial charge >= 0.3 is 6.09 Å². The van der Waals surface area contributed by atoms with Crippen molar-refractivity contribution >= 4 is 6.09 Å². The number of fused-ring (bicyclic) bond motifs is 2. The smallest absolute Gasteiger partial charge is 0.410 e. The number of benzene rings is 1. The van der Waals surface area contributed by atoms with Crippen LogP contribution in [0.2, 0.25) is 0 Å². The summed E-state index contributed by atoms with van der Waals surface area (Å²) in [6.45, 7) is 7.82. The molecule has 3 rings (SSSR count). The average Bonchev–Trinajstić information content (AvgIpc) is 2.47. The van der Waals surface area contributed by atoms with Crippen LogP contribution in [-0.4, -0.2) is 30.2 Å². The summed E-state index contributed by atoms with van der Waals surface area (Å²) in [4.78, 5) is 14.3. The van der Waals surface area contributed by atoms with Gasteiger partial charge in [-0.15, -0.1) is 0 Å². The molecule has 0 bridgehead atoms. The lowest BCUT2D eigenvalue weighted by Gasteiger charge is -2.51. The van der Waals surface area contributed by atoms with E-state index >= 15 is 0 Å². The van der Waals surface area contributed by atoms with E-state index in [0.717, 1.165) is 19.4 Å². The number of hydrogen-bond acceptors (Lipinski definition) is 2.